The van der Waals surface area contributed by atoms with Gasteiger partial charge >= 0.3 is 12.1 Å². The van der Waals surface area contributed by atoms with Crippen molar-refractivity contribution in [1.82, 2.24) is 0 Å². The standard InChI is InChI=1S/C22H17F3O3/c1-12(26)28-20-9-14-4-3-13-5-7-16(27-2)11-18(13)21(14)17-8-6-15(10-19(17)20)22(23,24)25/h5-11H,3-4H2,1-2H3. The number of benzene rings is 3. The minimum absolute atomic E-state index is 0.152. The van der Waals surface area contributed by atoms with Crippen molar-refractivity contribution < 1.29 is 27.4 Å². The average molecular weight is 386 g/mol. The van der Waals surface area contributed by atoms with Crippen LogP contribution >= 0.6 is 0 Å². The summed E-state index contributed by atoms with van der Waals surface area (Å²) in [5.74, 6) is 0.256. The van der Waals surface area contributed by atoms with Crippen LogP contribution in [0.25, 0.3) is 21.9 Å². The van der Waals surface area contributed by atoms with Crippen LogP contribution in [0.15, 0.2) is 42.5 Å². The van der Waals surface area contributed by atoms with Crippen LogP contribution in [0, 0.1) is 0 Å². The molecule has 0 unspecified atom stereocenters. The Morgan fingerprint density at radius 3 is 2.39 bits per heavy atom. The Balaban J connectivity index is 2.05. The van der Waals surface area contributed by atoms with E-state index in [-0.39, 0.29) is 11.1 Å². The van der Waals surface area contributed by atoms with Crippen molar-refractivity contribution in [2.24, 2.45) is 0 Å². The number of fused-ring (bicyclic) bond motifs is 5. The zero-order chi connectivity index (χ0) is 20.1. The fourth-order valence-electron chi connectivity index (χ4n) is 3.78. The maximum Gasteiger partial charge on any atom is 0.416 e. The van der Waals surface area contributed by atoms with Crippen LogP contribution in [0.2, 0.25) is 0 Å². The maximum atomic E-state index is 13.3. The summed E-state index contributed by atoms with van der Waals surface area (Å²) in [6.45, 7) is 1.24. The van der Waals surface area contributed by atoms with E-state index in [2.05, 4.69) is 0 Å². The zero-order valence-corrected chi connectivity index (χ0v) is 15.3. The minimum Gasteiger partial charge on any atom is -0.497 e. The molecule has 0 heterocycles. The maximum absolute atomic E-state index is 13.3. The fourth-order valence-corrected chi connectivity index (χ4v) is 3.78. The topological polar surface area (TPSA) is 35.5 Å². The summed E-state index contributed by atoms with van der Waals surface area (Å²) in [5.41, 5.74) is 3.05. The van der Waals surface area contributed by atoms with Crippen molar-refractivity contribution in [3.8, 4) is 22.6 Å². The number of hydrogen-bond acceptors (Lipinski definition) is 3. The first-order chi connectivity index (χ1) is 13.3. The molecule has 4 rings (SSSR count). The third-order valence-corrected chi connectivity index (χ3v) is 5.01. The molecule has 0 radical (unpaired) electrons. The number of methoxy groups -OCH3 is 1. The summed E-state index contributed by atoms with van der Waals surface area (Å²) in [6.07, 6.45) is -2.99. The number of hydrogen-bond donors (Lipinski definition) is 0. The van der Waals surface area contributed by atoms with E-state index in [9.17, 15) is 18.0 Å². The van der Waals surface area contributed by atoms with Gasteiger partial charge in [-0.3, -0.25) is 4.79 Å². The van der Waals surface area contributed by atoms with Crippen LogP contribution < -0.4 is 9.47 Å². The van der Waals surface area contributed by atoms with E-state index >= 15 is 0 Å². The van der Waals surface area contributed by atoms with Crippen LogP contribution in [-0.2, 0) is 23.8 Å². The third kappa shape index (κ3) is 3.09. The van der Waals surface area contributed by atoms with Crippen molar-refractivity contribution in [2.45, 2.75) is 25.9 Å². The second kappa shape index (κ2) is 6.55. The van der Waals surface area contributed by atoms with Crippen molar-refractivity contribution in [3.63, 3.8) is 0 Å². The van der Waals surface area contributed by atoms with E-state index in [4.69, 9.17) is 9.47 Å². The van der Waals surface area contributed by atoms with Gasteiger partial charge in [-0.15, -0.1) is 0 Å². The molecule has 0 aliphatic heterocycles. The lowest BCUT2D eigenvalue weighted by Crippen LogP contribution is -2.09. The molecule has 0 saturated heterocycles. The first kappa shape index (κ1) is 18.3. The number of rotatable bonds is 2. The lowest BCUT2D eigenvalue weighted by Gasteiger charge is -2.24. The van der Waals surface area contributed by atoms with Crippen molar-refractivity contribution in [1.29, 1.82) is 0 Å². The SMILES string of the molecule is COc1ccc2c(c1)-c1c(cc(OC(C)=O)c3cc(C(F)(F)F)ccc13)CC2. The van der Waals surface area contributed by atoms with Gasteiger partial charge in [-0.2, -0.15) is 13.2 Å². The van der Waals surface area contributed by atoms with Crippen LogP contribution in [0.5, 0.6) is 11.5 Å². The molecule has 0 amide bonds. The summed E-state index contributed by atoms with van der Waals surface area (Å²) >= 11 is 0. The molecule has 0 saturated carbocycles. The number of aryl methyl sites for hydroxylation is 2. The summed E-state index contributed by atoms with van der Waals surface area (Å²) in [4.78, 5) is 11.5. The Morgan fingerprint density at radius 2 is 1.71 bits per heavy atom. The van der Waals surface area contributed by atoms with E-state index in [0.29, 0.717) is 17.6 Å². The molecule has 3 aromatic rings. The van der Waals surface area contributed by atoms with Crippen molar-refractivity contribution in [3.05, 3.63) is 59.2 Å². The summed E-state index contributed by atoms with van der Waals surface area (Å²) in [7, 11) is 1.57. The second-order valence-corrected chi connectivity index (χ2v) is 6.78. The zero-order valence-electron chi connectivity index (χ0n) is 15.3. The molecule has 3 aromatic carbocycles. The number of carbonyl (C=O) groups is 1. The third-order valence-electron chi connectivity index (χ3n) is 5.01. The predicted octanol–water partition coefficient (Wildman–Crippen LogP) is 5.56. The van der Waals surface area contributed by atoms with Gasteiger partial charge in [0.15, 0.2) is 0 Å². The Morgan fingerprint density at radius 1 is 0.964 bits per heavy atom. The predicted molar refractivity (Wildman–Crippen MR) is 99.7 cm³/mol. The molecule has 0 N–H and O–H groups in total. The number of ether oxygens (including phenoxy) is 2. The second-order valence-electron chi connectivity index (χ2n) is 6.78. The number of halogens is 3. The number of carbonyl (C=O) groups excluding carboxylic acids is 1. The van der Waals surface area contributed by atoms with Crippen molar-refractivity contribution in [2.75, 3.05) is 7.11 Å². The average Bonchev–Trinajstić information content (AvgIpc) is 2.65. The van der Waals surface area contributed by atoms with E-state index < -0.39 is 17.7 Å². The quantitative estimate of drug-likeness (QED) is 0.427. The van der Waals surface area contributed by atoms with Gasteiger partial charge in [0.1, 0.15) is 11.5 Å². The van der Waals surface area contributed by atoms with E-state index in [0.717, 1.165) is 40.8 Å². The van der Waals surface area contributed by atoms with Gasteiger partial charge in [0.2, 0.25) is 0 Å². The summed E-state index contributed by atoms with van der Waals surface area (Å²) in [6, 6.07) is 11.0. The van der Waals surface area contributed by atoms with Gasteiger partial charge < -0.3 is 9.47 Å². The molecule has 1 aliphatic carbocycles. The lowest BCUT2D eigenvalue weighted by molar-refractivity contribution is -0.137. The smallest absolute Gasteiger partial charge is 0.416 e. The van der Waals surface area contributed by atoms with Gasteiger partial charge in [0.25, 0.3) is 0 Å². The summed E-state index contributed by atoms with van der Waals surface area (Å²) < 4.78 is 50.4. The highest BCUT2D eigenvalue weighted by molar-refractivity contribution is 6.04. The fraction of sp³-hybridized carbons (Fsp3) is 0.227. The molecule has 0 bridgehead atoms. The highest BCUT2D eigenvalue weighted by Crippen LogP contribution is 2.45. The molecule has 1 aliphatic rings. The van der Waals surface area contributed by atoms with Gasteiger partial charge in [0, 0.05) is 12.3 Å². The van der Waals surface area contributed by atoms with Crippen LogP contribution in [0.4, 0.5) is 13.2 Å². The minimum atomic E-state index is -4.49. The van der Waals surface area contributed by atoms with Crippen LogP contribution in [0.3, 0.4) is 0 Å². The highest BCUT2D eigenvalue weighted by Gasteiger charge is 2.32. The summed E-state index contributed by atoms with van der Waals surface area (Å²) in [5, 5.41) is 0.885. The van der Waals surface area contributed by atoms with Crippen LogP contribution in [-0.4, -0.2) is 13.1 Å². The largest absolute Gasteiger partial charge is 0.497 e. The van der Waals surface area contributed by atoms with Gasteiger partial charge in [-0.05, 0) is 70.8 Å². The Kier molecular flexibility index (Phi) is 4.29. The molecule has 28 heavy (non-hydrogen) atoms. The Bertz CT molecular complexity index is 1100. The molecule has 6 heteroatoms. The molecular formula is C22H17F3O3. The molecule has 0 aromatic heterocycles. The monoisotopic (exact) mass is 386 g/mol. The van der Waals surface area contributed by atoms with E-state index in [1.165, 1.54) is 13.0 Å². The van der Waals surface area contributed by atoms with Crippen LogP contribution in [0.1, 0.15) is 23.6 Å². The Labute approximate surface area is 159 Å². The molecule has 0 spiro atoms. The molecule has 144 valence electrons. The normalized spacial score (nSPS) is 13.0. The molecule has 0 atom stereocenters. The van der Waals surface area contributed by atoms with Gasteiger partial charge in [-0.25, -0.2) is 0 Å². The number of alkyl halides is 3. The highest BCUT2D eigenvalue weighted by atomic mass is 19.4. The van der Waals surface area contributed by atoms with E-state index in [1.807, 2.05) is 18.2 Å². The first-order valence-corrected chi connectivity index (χ1v) is 8.80. The molecule has 0 fully saturated rings. The van der Waals surface area contributed by atoms with Gasteiger partial charge in [0.05, 0.1) is 12.7 Å². The van der Waals surface area contributed by atoms with Gasteiger partial charge in [-0.1, -0.05) is 12.1 Å². The first-order valence-electron chi connectivity index (χ1n) is 8.80. The molecular weight excluding hydrogens is 369 g/mol. The molecule has 3 nitrogen and oxygen atoms in total. The lowest BCUT2D eigenvalue weighted by atomic mass is 9.82. The number of esters is 1. The van der Waals surface area contributed by atoms with E-state index in [1.54, 1.807) is 13.2 Å². The van der Waals surface area contributed by atoms with Crippen molar-refractivity contribution >= 4 is 16.7 Å². The Hall–Kier alpha value is -3.02.